The van der Waals surface area contributed by atoms with Gasteiger partial charge in [-0.05, 0) is 97.1 Å². The van der Waals surface area contributed by atoms with Crippen LogP contribution < -0.4 is 40.7 Å². The number of hydrogen-bond donors (Lipinski definition) is 0. The quantitative estimate of drug-likeness (QED) is 0.0113. The molecule has 0 fully saturated rings. The van der Waals surface area contributed by atoms with Gasteiger partial charge in [0.15, 0.2) is 48.1 Å². The van der Waals surface area contributed by atoms with Gasteiger partial charge in [-0.3, -0.25) is 19.2 Å². The van der Waals surface area contributed by atoms with Crippen molar-refractivity contribution in [1.82, 2.24) is 0 Å². The summed E-state index contributed by atoms with van der Waals surface area (Å²) in [5, 5.41) is 0.826. The van der Waals surface area contributed by atoms with Gasteiger partial charge in [-0.15, -0.1) is 45.3 Å². The molecule has 0 saturated heterocycles. The molecule has 32 heteroatoms. The van der Waals surface area contributed by atoms with Crippen molar-refractivity contribution >= 4 is 150 Å². The lowest BCUT2D eigenvalue weighted by molar-refractivity contribution is -0.148. The molecule has 592 valence electrons. The number of carbonyl (C=O) groups excluding carboxylic acids is 4. The number of esters is 4. The number of fused-ring (bicyclic) bond motifs is 8. The van der Waals surface area contributed by atoms with Gasteiger partial charge in [0.1, 0.15) is 72.7 Å². The Morgan fingerprint density at radius 3 is 0.699 bits per heavy atom. The third kappa shape index (κ3) is 21.4. The van der Waals surface area contributed by atoms with Crippen molar-refractivity contribution < 1.29 is 113 Å². The first-order valence-corrected chi connectivity index (χ1v) is 38.6. The summed E-state index contributed by atoms with van der Waals surface area (Å²) in [5.74, 6) is -5.35. The highest BCUT2D eigenvalue weighted by Crippen LogP contribution is 2.38. The van der Waals surface area contributed by atoms with E-state index in [1.54, 1.807) is 97.1 Å². The maximum Gasteiger partial charge on any atom is 0.344 e. The van der Waals surface area contributed by atoms with Crippen molar-refractivity contribution in [3.63, 3.8) is 0 Å². The van der Waals surface area contributed by atoms with E-state index in [2.05, 4.69) is 0 Å². The molecule has 0 amide bonds. The Morgan fingerprint density at radius 1 is 0.265 bits per heavy atom. The Morgan fingerprint density at radius 2 is 0.469 bits per heavy atom. The van der Waals surface area contributed by atoms with Crippen LogP contribution in [0.4, 0.5) is 17.6 Å². The van der Waals surface area contributed by atoms with E-state index in [9.17, 15) is 55.9 Å². The number of halogens is 4. The van der Waals surface area contributed by atoms with E-state index in [0.717, 1.165) is 69.6 Å². The van der Waals surface area contributed by atoms with Crippen LogP contribution in [0, 0.1) is 28.7 Å². The molecular formula is C81H72F4O24S4. The molecule has 4 aromatic heterocycles. The molecule has 24 nitrogen and oxygen atoms in total. The summed E-state index contributed by atoms with van der Waals surface area (Å²) in [4.78, 5) is 104. The SMILES string of the molecule is O=C(COc1ccc(F)c2c(=O)c3ccccc3sc12)OCCOCCOCC(COCCOCCOC(=O)COc1ccc(F)c2c(=O)c3ccccc3sc12)(COCCOCCOC(=O)COc1ccc(F)c2c(=O)c3ccccc3sc12)COCCOCCOC(=O)COc1ccc(F)c2c(=O)c3ccccc3sc12. The summed E-state index contributed by atoms with van der Waals surface area (Å²) in [7, 11) is 0. The molecule has 0 bridgehead atoms. The summed E-state index contributed by atoms with van der Waals surface area (Å²) in [5.41, 5.74) is -3.08. The van der Waals surface area contributed by atoms with E-state index in [-0.39, 0.29) is 195 Å². The van der Waals surface area contributed by atoms with Gasteiger partial charge < -0.3 is 75.8 Å². The number of carbonyl (C=O) groups is 4. The summed E-state index contributed by atoms with van der Waals surface area (Å²) in [6.45, 7) is -3.12. The average molecular weight is 1630 g/mol. The third-order valence-electron chi connectivity index (χ3n) is 17.0. The second-order valence-electron chi connectivity index (χ2n) is 24.9. The normalized spacial score (nSPS) is 11.7. The third-order valence-corrected chi connectivity index (χ3v) is 21.8. The predicted octanol–water partition coefficient (Wildman–Crippen LogP) is 12.1. The smallest absolute Gasteiger partial charge is 0.344 e. The summed E-state index contributed by atoms with van der Waals surface area (Å²) >= 11 is 4.62. The highest BCUT2D eigenvalue weighted by Gasteiger charge is 2.33. The van der Waals surface area contributed by atoms with Crippen molar-refractivity contribution in [3.05, 3.63) is 210 Å². The van der Waals surface area contributed by atoms with Crippen LogP contribution in [0.15, 0.2) is 165 Å². The van der Waals surface area contributed by atoms with Gasteiger partial charge in [-0.1, -0.05) is 48.5 Å². The summed E-state index contributed by atoms with van der Waals surface area (Å²) in [6, 6.07) is 36.9. The fourth-order valence-electron chi connectivity index (χ4n) is 11.7. The van der Waals surface area contributed by atoms with E-state index in [1.807, 2.05) is 0 Å². The first kappa shape index (κ1) is 82.3. The molecule has 0 N–H and O–H groups in total. The lowest BCUT2D eigenvalue weighted by Gasteiger charge is -2.33. The van der Waals surface area contributed by atoms with Crippen LogP contribution in [0.5, 0.6) is 23.0 Å². The lowest BCUT2D eigenvalue weighted by atomic mass is 9.92. The van der Waals surface area contributed by atoms with Crippen molar-refractivity contribution in [3.8, 4) is 23.0 Å². The zero-order valence-corrected chi connectivity index (χ0v) is 63.5. The van der Waals surface area contributed by atoms with Crippen molar-refractivity contribution in [2.24, 2.45) is 5.41 Å². The van der Waals surface area contributed by atoms with Gasteiger partial charge in [-0.2, -0.15) is 0 Å². The molecule has 0 radical (unpaired) electrons. The van der Waals surface area contributed by atoms with E-state index < -0.39 is 101 Å². The molecule has 0 aliphatic heterocycles. The number of rotatable bonds is 44. The molecule has 0 aliphatic carbocycles. The van der Waals surface area contributed by atoms with Crippen LogP contribution in [0.25, 0.3) is 80.7 Å². The van der Waals surface area contributed by atoms with Crippen LogP contribution in [-0.4, -0.2) is 182 Å². The minimum absolute atomic E-state index is 0.0123. The number of benzene rings is 8. The maximum absolute atomic E-state index is 15.0. The second kappa shape index (κ2) is 40.5. The average Bonchev–Trinajstić information content (AvgIpc) is 0.780. The van der Waals surface area contributed by atoms with Crippen LogP contribution in [0.1, 0.15) is 0 Å². The van der Waals surface area contributed by atoms with Crippen LogP contribution >= 0.6 is 45.3 Å². The van der Waals surface area contributed by atoms with Gasteiger partial charge in [0.25, 0.3) is 0 Å². The largest absolute Gasteiger partial charge is 0.480 e. The predicted molar refractivity (Wildman–Crippen MR) is 417 cm³/mol. The fourth-order valence-corrected chi connectivity index (χ4v) is 16.3. The maximum atomic E-state index is 15.0. The van der Waals surface area contributed by atoms with E-state index in [0.29, 0.717) is 40.3 Å². The van der Waals surface area contributed by atoms with Gasteiger partial charge >= 0.3 is 23.9 Å². The molecule has 0 aliphatic rings. The van der Waals surface area contributed by atoms with Gasteiger partial charge in [0.05, 0.1) is 151 Å². The Hall–Kier alpha value is -10.2. The lowest BCUT2D eigenvalue weighted by Crippen LogP contribution is -2.43. The minimum atomic E-state index is -1.08. The molecular weight excluding hydrogens is 1560 g/mol. The van der Waals surface area contributed by atoms with Crippen LogP contribution in [0.3, 0.4) is 0 Å². The summed E-state index contributed by atoms with van der Waals surface area (Å²) in [6.07, 6.45) is 0. The van der Waals surface area contributed by atoms with Crippen molar-refractivity contribution in [2.75, 3.05) is 159 Å². The topological polar surface area (TPSA) is 284 Å². The van der Waals surface area contributed by atoms with Crippen LogP contribution in [0.2, 0.25) is 0 Å². The Kier molecular flexibility index (Phi) is 29.5. The Bertz CT molecular complexity index is 4970. The zero-order chi connectivity index (χ0) is 79.1. The number of hydrogen-bond acceptors (Lipinski definition) is 28. The number of ether oxygens (including phenoxy) is 16. The standard InChI is InChI=1S/C81H72F4O24S4/c82-53-17-21-57(77-69(53)73(90)49-9-1-5-13-61(49)110-77)106-41-65(86)102-37-33-94-25-29-98-45-81(46-99-30-26-95-34-38-103-66(87)42-107-58-22-18-54(83)70-74(91)50-10-2-6-14-62(50)111-78(58)70,47-100-31-27-96-35-39-104-67(88)43-108-59-23-19-55(84)71-75(92)51-11-3-7-15-63(51)112-79(59)71)48-101-32-28-97-36-40-105-68(89)44-109-60-24-20-56(85)72-76(93)52-12-4-8-16-64(52)113-80(60)72/h1-24H,25-48H2. The minimum Gasteiger partial charge on any atom is -0.480 e. The van der Waals surface area contributed by atoms with Crippen molar-refractivity contribution in [2.45, 2.75) is 0 Å². The fraction of sp³-hybridized carbons (Fsp3) is 0.309. The zero-order valence-electron chi connectivity index (χ0n) is 60.3. The molecule has 113 heavy (non-hydrogen) atoms. The first-order chi connectivity index (χ1) is 55.0. The monoisotopic (exact) mass is 1630 g/mol. The Labute approximate surface area is 655 Å². The van der Waals surface area contributed by atoms with E-state index in [4.69, 9.17) is 75.8 Å². The molecule has 4 heterocycles. The molecule has 0 spiro atoms. The first-order valence-electron chi connectivity index (χ1n) is 35.4. The molecule has 0 atom stereocenters. The molecule has 12 rings (SSSR count). The second-order valence-corrected chi connectivity index (χ2v) is 29.1. The highest BCUT2D eigenvalue weighted by atomic mass is 32.1. The van der Waals surface area contributed by atoms with Gasteiger partial charge in [0, 0.05) is 40.3 Å². The Balaban J connectivity index is 0.627. The van der Waals surface area contributed by atoms with E-state index in [1.165, 1.54) is 24.3 Å². The highest BCUT2D eigenvalue weighted by molar-refractivity contribution is 7.26. The van der Waals surface area contributed by atoms with Crippen molar-refractivity contribution in [1.29, 1.82) is 0 Å². The van der Waals surface area contributed by atoms with Crippen LogP contribution in [-0.2, 0) is 76.0 Å². The van der Waals surface area contributed by atoms with Gasteiger partial charge in [-0.25, -0.2) is 36.7 Å². The molecule has 12 aromatic rings. The van der Waals surface area contributed by atoms with Gasteiger partial charge in [0.2, 0.25) is 0 Å². The molecule has 0 unspecified atom stereocenters. The molecule has 0 saturated carbocycles. The summed E-state index contributed by atoms with van der Waals surface area (Å²) < 4.78 is 155. The van der Waals surface area contributed by atoms with E-state index >= 15 is 0 Å². The molecule has 8 aromatic carbocycles.